The number of nitrogens with zero attached hydrogens (tertiary/aromatic N) is 3. The first-order chi connectivity index (χ1) is 10.5. The number of aliphatic carboxylic acids is 1. The Labute approximate surface area is 125 Å². The Morgan fingerprint density at radius 3 is 2.91 bits per heavy atom. The van der Waals surface area contributed by atoms with Gasteiger partial charge in [0.05, 0.1) is 7.11 Å². The van der Waals surface area contributed by atoms with E-state index >= 15 is 0 Å². The largest absolute Gasteiger partial charge is 0.497 e. The van der Waals surface area contributed by atoms with Gasteiger partial charge in [0.15, 0.2) is 6.04 Å². The van der Waals surface area contributed by atoms with E-state index in [1.54, 1.807) is 12.1 Å². The molecular formula is C14H15FN4O3. The quantitative estimate of drug-likeness (QED) is 0.892. The van der Waals surface area contributed by atoms with Crippen LogP contribution in [0.4, 0.5) is 10.3 Å². The van der Waals surface area contributed by atoms with Crippen molar-refractivity contribution < 1.29 is 19.0 Å². The number of nitrogen functional groups attached to an aromatic ring is 1. The van der Waals surface area contributed by atoms with Crippen molar-refractivity contribution in [1.82, 2.24) is 14.8 Å². The minimum Gasteiger partial charge on any atom is -0.497 e. The van der Waals surface area contributed by atoms with E-state index in [0.717, 1.165) is 0 Å². The lowest BCUT2D eigenvalue weighted by molar-refractivity contribution is -0.141. The smallest absolute Gasteiger partial charge is 0.328 e. The molecule has 2 heterocycles. The summed E-state index contributed by atoms with van der Waals surface area (Å²) in [5, 5.41) is 13.2. The van der Waals surface area contributed by atoms with Crippen molar-refractivity contribution in [2.24, 2.45) is 0 Å². The lowest BCUT2D eigenvalue weighted by Crippen LogP contribution is -2.29. The number of carboxylic acids is 1. The second-order valence-electron chi connectivity index (χ2n) is 5.14. The van der Waals surface area contributed by atoms with Gasteiger partial charge in [0.1, 0.15) is 17.4 Å². The van der Waals surface area contributed by atoms with Crippen molar-refractivity contribution in [3.63, 3.8) is 0 Å². The Hall–Kier alpha value is -2.64. The summed E-state index contributed by atoms with van der Waals surface area (Å²) in [6.07, 6.45) is 0.791. The third-order valence-corrected chi connectivity index (χ3v) is 3.88. The molecule has 2 atom stereocenters. The van der Waals surface area contributed by atoms with Crippen LogP contribution in [0, 0.1) is 5.82 Å². The number of anilines is 1. The lowest BCUT2D eigenvalue weighted by atomic mass is 9.88. The van der Waals surface area contributed by atoms with Crippen molar-refractivity contribution in [3.05, 3.63) is 35.4 Å². The number of fused-ring (bicyclic) bond motifs is 1. The molecule has 1 aromatic carbocycles. The van der Waals surface area contributed by atoms with Crippen molar-refractivity contribution in [2.75, 3.05) is 12.8 Å². The molecule has 0 amide bonds. The first kappa shape index (κ1) is 14.3. The first-order valence-corrected chi connectivity index (χ1v) is 6.79. The van der Waals surface area contributed by atoms with Gasteiger partial charge in [0, 0.05) is 12.0 Å². The molecule has 2 unspecified atom stereocenters. The van der Waals surface area contributed by atoms with Gasteiger partial charge in [0.25, 0.3) is 0 Å². The minimum atomic E-state index is -1.00. The first-order valence-electron chi connectivity index (χ1n) is 6.79. The van der Waals surface area contributed by atoms with Gasteiger partial charge in [-0.05, 0) is 24.5 Å². The summed E-state index contributed by atoms with van der Waals surface area (Å²) in [5.41, 5.74) is 6.02. The standard InChI is InChI=1S/C14H15FN4O3/c1-22-7-2-3-8(10(15)6-7)9-4-5-11(13(20)21)19-12(9)17-14(16)18-19/h2-3,6,9,11H,4-5H2,1H3,(H2,16,18)(H,20,21). The topological polar surface area (TPSA) is 103 Å². The molecular weight excluding hydrogens is 291 g/mol. The van der Waals surface area contributed by atoms with Crippen molar-refractivity contribution >= 4 is 11.9 Å². The number of halogens is 1. The Bertz CT molecular complexity index is 731. The molecule has 1 aliphatic rings. The average Bonchev–Trinajstić information content (AvgIpc) is 2.87. The molecule has 3 N–H and O–H groups in total. The minimum absolute atomic E-state index is 0.0120. The maximum absolute atomic E-state index is 14.3. The van der Waals surface area contributed by atoms with E-state index < -0.39 is 17.8 Å². The van der Waals surface area contributed by atoms with Gasteiger partial charge >= 0.3 is 5.97 Å². The number of ether oxygens (including phenoxy) is 1. The van der Waals surface area contributed by atoms with Gasteiger partial charge < -0.3 is 15.6 Å². The number of nitrogens with two attached hydrogens (primary N) is 1. The molecule has 0 radical (unpaired) electrons. The summed E-state index contributed by atoms with van der Waals surface area (Å²) in [6.45, 7) is 0. The van der Waals surface area contributed by atoms with E-state index in [-0.39, 0.29) is 11.9 Å². The van der Waals surface area contributed by atoms with Crippen LogP contribution in [0.5, 0.6) is 5.75 Å². The van der Waals surface area contributed by atoms with Gasteiger partial charge in [-0.2, -0.15) is 4.98 Å². The normalized spacial score (nSPS) is 20.5. The molecule has 2 aromatic rings. The summed E-state index contributed by atoms with van der Waals surface area (Å²) < 4.78 is 20.6. The molecule has 0 saturated heterocycles. The monoisotopic (exact) mass is 306 g/mol. The van der Waals surface area contributed by atoms with Crippen LogP contribution in [-0.4, -0.2) is 33.0 Å². The highest BCUT2D eigenvalue weighted by molar-refractivity contribution is 5.72. The molecule has 0 aliphatic carbocycles. The molecule has 0 fully saturated rings. The zero-order valence-corrected chi connectivity index (χ0v) is 11.9. The number of benzene rings is 1. The molecule has 1 aromatic heterocycles. The molecule has 8 heteroatoms. The van der Waals surface area contributed by atoms with Crippen molar-refractivity contribution in [2.45, 2.75) is 24.8 Å². The molecule has 0 bridgehead atoms. The van der Waals surface area contributed by atoms with Crippen LogP contribution in [0.25, 0.3) is 0 Å². The highest BCUT2D eigenvalue weighted by atomic mass is 19.1. The Balaban J connectivity index is 2.05. The second kappa shape index (κ2) is 5.28. The summed E-state index contributed by atoms with van der Waals surface area (Å²) in [5.74, 6) is -1.03. The molecule has 3 rings (SSSR count). The molecule has 0 saturated carbocycles. The molecule has 1 aliphatic heterocycles. The number of carbonyl (C=O) groups is 1. The Morgan fingerprint density at radius 2 is 2.27 bits per heavy atom. The number of hydrogen-bond acceptors (Lipinski definition) is 5. The lowest BCUT2D eigenvalue weighted by Gasteiger charge is -2.27. The number of hydrogen-bond donors (Lipinski definition) is 2. The summed E-state index contributed by atoms with van der Waals surface area (Å²) in [7, 11) is 1.46. The predicted octanol–water partition coefficient (Wildman–Crippen LogP) is 1.56. The van der Waals surface area contributed by atoms with Crippen LogP contribution in [-0.2, 0) is 4.79 Å². The fourth-order valence-corrected chi connectivity index (χ4v) is 2.84. The zero-order chi connectivity index (χ0) is 15.9. The third kappa shape index (κ3) is 2.26. The number of aromatic nitrogens is 3. The van der Waals surface area contributed by atoms with Gasteiger partial charge in [-0.3, -0.25) is 0 Å². The highest BCUT2D eigenvalue weighted by Gasteiger charge is 2.35. The van der Waals surface area contributed by atoms with Gasteiger partial charge in [-0.25, -0.2) is 13.9 Å². The maximum Gasteiger partial charge on any atom is 0.328 e. The van der Waals surface area contributed by atoms with Crippen LogP contribution >= 0.6 is 0 Å². The summed E-state index contributed by atoms with van der Waals surface area (Å²) in [4.78, 5) is 15.4. The molecule has 116 valence electrons. The Morgan fingerprint density at radius 1 is 1.50 bits per heavy atom. The molecule has 22 heavy (non-hydrogen) atoms. The number of rotatable bonds is 3. The van der Waals surface area contributed by atoms with Gasteiger partial charge in [-0.15, -0.1) is 5.10 Å². The van der Waals surface area contributed by atoms with Gasteiger partial charge in [-0.1, -0.05) is 6.07 Å². The van der Waals surface area contributed by atoms with E-state index in [2.05, 4.69) is 10.1 Å². The highest BCUT2D eigenvalue weighted by Crippen LogP contribution is 2.38. The summed E-state index contributed by atoms with van der Waals surface area (Å²) in [6, 6.07) is 3.75. The number of carboxylic acid groups (broad SMARTS) is 1. The van der Waals surface area contributed by atoms with Gasteiger partial charge in [0.2, 0.25) is 5.95 Å². The van der Waals surface area contributed by atoms with E-state index in [1.807, 2.05) is 0 Å². The van der Waals surface area contributed by atoms with Crippen molar-refractivity contribution in [1.29, 1.82) is 0 Å². The molecule has 7 nitrogen and oxygen atoms in total. The van der Waals surface area contributed by atoms with E-state index in [4.69, 9.17) is 10.5 Å². The molecule has 0 spiro atoms. The van der Waals surface area contributed by atoms with Crippen LogP contribution in [0.3, 0.4) is 0 Å². The average molecular weight is 306 g/mol. The SMILES string of the molecule is COc1ccc(C2CCC(C(=O)O)n3nc(N)nc32)c(F)c1. The zero-order valence-electron chi connectivity index (χ0n) is 11.9. The second-order valence-corrected chi connectivity index (χ2v) is 5.14. The fraction of sp³-hybridized carbons (Fsp3) is 0.357. The number of methoxy groups -OCH3 is 1. The fourth-order valence-electron chi connectivity index (χ4n) is 2.84. The van der Waals surface area contributed by atoms with Crippen LogP contribution in [0.2, 0.25) is 0 Å². The Kier molecular flexibility index (Phi) is 3.44. The summed E-state index contributed by atoms with van der Waals surface area (Å²) >= 11 is 0. The predicted molar refractivity (Wildman–Crippen MR) is 75.1 cm³/mol. The van der Waals surface area contributed by atoms with Crippen LogP contribution < -0.4 is 10.5 Å². The van der Waals surface area contributed by atoms with Crippen molar-refractivity contribution in [3.8, 4) is 5.75 Å². The van der Waals surface area contributed by atoms with E-state index in [0.29, 0.717) is 30.0 Å². The maximum atomic E-state index is 14.3. The van der Waals surface area contributed by atoms with E-state index in [1.165, 1.54) is 17.9 Å². The van der Waals surface area contributed by atoms with Crippen LogP contribution in [0.15, 0.2) is 18.2 Å². The van der Waals surface area contributed by atoms with E-state index in [9.17, 15) is 14.3 Å². The van der Waals surface area contributed by atoms with Crippen LogP contribution in [0.1, 0.15) is 36.2 Å². The third-order valence-electron chi connectivity index (χ3n) is 3.88.